The fraction of sp³-hybridized carbons (Fsp3) is 0.533. The molecule has 0 atom stereocenters. The molecule has 2 heteroatoms. The molecule has 17 heavy (non-hydrogen) atoms. The van der Waals surface area contributed by atoms with Crippen LogP contribution in [-0.2, 0) is 10.2 Å². The first-order valence-electron chi connectivity index (χ1n) is 6.63. The van der Waals surface area contributed by atoms with Gasteiger partial charge in [-0.2, -0.15) is 0 Å². The summed E-state index contributed by atoms with van der Waals surface area (Å²) in [5.74, 6) is 0.829. The second kappa shape index (κ2) is 3.86. The van der Waals surface area contributed by atoms with E-state index in [9.17, 15) is 4.79 Å². The minimum Gasteiger partial charge on any atom is -0.399 e. The molecular weight excluding hydrogens is 210 g/mol. The van der Waals surface area contributed by atoms with Crippen LogP contribution in [-0.4, -0.2) is 5.78 Å². The Balaban J connectivity index is 1.85. The van der Waals surface area contributed by atoms with Crippen molar-refractivity contribution in [3.8, 4) is 0 Å². The molecule has 0 unspecified atom stereocenters. The van der Waals surface area contributed by atoms with Gasteiger partial charge in [-0.1, -0.05) is 25.0 Å². The van der Waals surface area contributed by atoms with Crippen molar-refractivity contribution in [3.05, 3.63) is 29.8 Å². The summed E-state index contributed by atoms with van der Waals surface area (Å²) in [5, 5.41) is 0. The van der Waals surface area contributed by atoms with Gasteiger partial charge in [-0.25, -0.2) is 0 Å². The molecule has 90 valence electrons. The van der Waals surface area contributed by atoms with Gasteiger partial charge < -0.3 is 5.73 Å². The molecule has 2 saturated carbocycles. The topological polar surface area (TPSA) is 43.1 Å². The van der Waals surface area contributed by atoms with E-state index >= 15 is 0 Å². The number of carbonyl (C=O) groups is 1. The molecular formula is C15H19NO. The Bertz CT molecular complexity index is 425. The second-order valence-corrected chi connectivity index (χ2v) is 5.55. The van der Waals surface area contributed by atoms with Crippen LogP contribution in [0.15, 0.2) is 24.3 Å². The molecule has 0 amide bonds. The van der Waals surface area contributed by atoms with E-state index in [0.717, 1.165) is 31.4 Å². The maximum atomic E-state index is 12.6. The van der Waals surface area contributed by atoms with Crippen LogP contribution >= 0.6 is 0 Å². The molecule has 3 rings (SSSR count). The molecule has 2 aliphatic rings. The number of anilines is 1. The molecule has 2 aliphatic carbocycles. The number of carbonyl (C=O) groups excluding carboxylic acids is 1. The summed E-state index contributed by atoms with van der Waals surface area (Å²) in [6.45, 7) is 0. The van der Waals surface area contributed by atoms with Crippen molar-refractivity contribution in [1.29, 1.82) is 0 Å². The van der Waals surface area contributed by atoms with E-state index in [2.05, 4.69) is 0 Å². The third-order valence-electron chi connectivity index (χ3n) is 4.41. The van der Waals surface area contributed by atoms with Gasteiger partial charge in [-0.15, -0.1) is 0 Å². The zero-order valence-electron chi connectivity index (χ0n) is 10.1. The lowest BCUT2D eigenvalue weighted by Crippen LogP contribution is -2.26. The minimum absolute atomic E-state index is 0.136. The molecule has 0 aromatic heterocycles. The van der Waals surface area contributed by atoms with Gasteiger partial charge in [-0.05, 0) is 43.4 Å². The van der Waals surface area contributed by atoms with Crippen LogP contribution < -0.4 is 5.73 Å². The maximum absolute atomic E-state index is 12.6. The van der Waals surface area contributed by atoms with Gasteiger partial charge in [0.2, 0.25) is 0 Å². The van der Waals surface area contributed by atoms with Crippen molar-refractivity contribution in [2.45, 2.75) is 43.9 Å². The summed E-state index contributed by atoms with van der Waals surface area (Å²) < 4.78 is 0. The van der Waals surface area contributed by atoms with Crippen molar-refractivity contribution < 1.29 is 4.79 Å². The molecule has 1 aromatic rings. The summed E-state index contributed by atoms with van der Waals surface area (Å²) in [6.07, 6.45) is 6.74. The molecule has 0 radical (unpaired) electrons. The van der Waals surface area contributed by atoms with Crippen molar-refractivity contribution in [2.75, 3.05) is 5.73 Å². The summed E-state index contributed by atoms with van der Waals surface area (Å²) in [7, 11) is 0. The standard InChI is InChI=1S/C15H19NO/c16-13-7-5-12(6-8-13)15(9-10-15)14(17)11-3-1-2-4-11/h5-8,11H,1-4,9-10,16H2. The number of rotatable bonds is 3. The largest absolute Gasteiger partial charge is 0.399 e. The van der Waals surface area contributed by atoms with Gasteiger partial charge in [0.15, 0.2) is 0 Å². The Kier molecular flexibility index (Phi) is 2.46. The van der Waals surface area contributed by atoms with E-state index in [1.807, 2.05) is 24.3 Å². The number of hydrogen-bond acceptors (Lipinski definition) is 2. The number of ketones is 1. The monoisotopic (exact) mass is 229 g/mol. The van der Waals surface area contributed by atoms with E-state index in [1.54, 1.807) is 0 Å². The lowest BCUT2D eigenvalue weighted by molar-refractivity contribution is -0.125. The molecule has 0 saturated heterocycles. The second-order valence-electron chi connectivity index (χ2n) is 5.55. The van der Waals surface area contributed by atoms with Crippen LogP contribution in [0.2, 0.25) is 0 Å². The highest BCUT2D eigenvalue weighted by Gasteiger charge is 2.52. The molecule has 0 heterocycles. The first-order valence-corrected chi connectivity index (χ1v) is 6.63. The average molecular weight is 229 g/mol. The molecule has 0 aliphatic heterocycles. The highest BCUT2D eigenvalue weighted by atomic mass is 16.1. The van der Waals surface area contributed by atoms with Gasteiger partial charge in [0, 0.05) is 11.6 Å². The van der Waals surface area contributed by atoms with E-state index in [0.29, 0.717) is 11.7 Å². The van der Waals surface area contributed by atoms with Gasteiger partial charge in [0.05, 0.1) is 5.41 Å². The maximum Gasteiger partial charge on any atom is 0.146 e. The number of hydrogen-bond donors (Lipinski definition) is 1. The fourth-order valence-corrected chi connectivity index (χ4v) is 3.18. The Labute approximate surface area is 102 Å². The van der Waals surface area contributed by atoms with Crippen molar-refractivity contribution in [3.63, 3.8) is 0 Å². The molecule has 2 N–H and O–H groups in total. The van der Waals surface area contributed by atoms with Crippen molar-refractivity contribution in [1.82, 2.24) is 0 Å². The highest BCUT2D eigenvalue weighted by molar-refractivity contribution is 5.95. The summed E-state index contributed by atoms with van der Waals surface area (Å²) in [4.78, 5) is 12.6. The first kappa shape index (κ1) is 10.8. The predicted molar refractivity (Wildman–Crippen MR) is 68.7 cm³/mol. The van der Waals surface area contributed by atoms with Crippen LogP contribution in [0, 0.1) is 5.92 Å². The zero-order chi connectivity index (χ0) is 11.9. The fourth-order valence-electron chi connectivity index (χ4n) is 3.18. The van der Waals surface area contributed by atoms with Crippen LogP contribution in [0.1, 0.15) is 44.1 Å². The van der Waals surface area contributed by atoms with Crippen LogP contribution in [0.4, 0.5) is 5.69 Å². The summed E-state index contributed by atoms with van der Waals surface area (Å²) in [6, 6.07) is 7.90. The number of benzene rings is 1. The van der Waals surface area contributed by atoms with Crippen molar-refractivity contribution >= 4 is 11.5 Å². The smallest absolute Gasteiger partial charge is 0.146 e. The summed E-state index contributed by atoms with van der Waals surface area (Å²) >= 11 is 0. The van der Waals surface area contributed by atoms with E-state index in [1.165, 1.54) is 18.4 Å². The zero-order valence-corrected chi connectivity index (χ0v) is 10.1. The van der Waals surface area contributed by atoms with E-state index in [-0.39, 0.29) is 5.41 Å². The number of nitrogen functional groups attached to an aromatic ring is 1. The lowest BCUT2D eigenvalue weighted by atomic mass is 9.83. The van der Waals surface area contributed by atoms with Crippen molar-refractivity contribution in [2.24, 2.45) is 5.92 Å². The molecule has 2 nitrogen and oxygen atoms in total. The molecule has 0 spiro atoms. The van der Waals surface area contributed by atoms with E-state index in [4.69, 9.17) is 5.73 Å². The Morgan fingerprint density at radius 1 is 1.12 bits per heavy atom. The predicted octanol–water partition coefficient (Wildman–Crippen LogP) is 3.06. The molecule has 2 fully saturated rings. The van der Waals surface area contributed by atoms with Crippen LogP contribution in [0.3, 0.4) is 0 Å². The number of nitrogens with two attached hydrogens (primary N) is 1. The van der Waals surface area contributed by atoms with Gasteiger partial charge in [0.25, 0.3) is 0 Å². The average Bonchev–Trinajstić information content (AvgIpc) is 2.97. The minimum atomic E-state index is -0.136. The Morgan fingerprint density at radius 3 is 2.24 bits per heavy atom. The normalized spacial score (nSPS) is 22.6. The SMILES string of the molecule is Nc1ccc(C2(C(=O)C3CCCC3)CC2)cc1. The molecule has 0 bridgehead atoms. The van der Waals surface area contributed by atoms with Crippen LogP contribution in [0.5, 0.6) is 0 Å². The first-order chi connectivity index (χ1) is 8.22. The Morgan fingerprint density at radius 2 is 1.71 bits per heavy atom. The Hall–Kier alpha value is -1.31. The third kappa shape index (κ3) is 1.76. The lowest BCUT2D eigenvalue weighted by Gasteiger charge is -2.19. The van der Waals surface area contributed by atoms with Gasteiger partial charge in [0.1, 0.15) is 5.78 Å². The van der Waals surface area contributed by atoms with Gasteiger partial charge in [-0.3, -0.25) is 4.79 Å². The van der Waals surface area contributed by atoms with Gasteiger partial charge >= 0.3 is 0 Å². The van der Waals surface area contributed by atoms with Crippen LogP contribution in [0.25, 0.3) is 0 Å². The summed E-state index contributed by atoms with van der Waals surface area (Å²) in [5.41, 5.74) is 7.53. The van der Waals surface area contributed by atoms with E-state index < -0.39 is 0 Å². The molecule has 1 aromatic carbocycles. The highest BCUT2D eigenvalue weighted by Crippen LogP contribution is 2.52. The number of Topliss-reactive ketones (excluding diaryl/α,β-unsaturated/α-hetero) is 1. The third-order valence-corrected chi connectivity index (χ3v) is 4.41. The quantitative estimate of drug-likeness (QED) is 0.809.